The van der Waals surface area contributed by atoms with E-state index in [4.69, 9.17) is 14.7 Å². The van der Waals surface area contributed by atoms with Crippen LogP contribution in [0.2, 0.25) is 0 Å². The number of nitrogens with zero attached hydrogens (tertiary/aromatic N) is 1. The molecule has 2 aromatic carbocycles. The minimum absolute atomic E-state index is 0.415. The number of hydrogen-bond donors (Lipinski definition) is 0. The van der Waals surface area contributed by atoms with Crippen LogP contribution in [0.3, 0.4) is 0 Å². The molecule has 0 saturated carbocycles. The number of benzene rings is 2. The lowest BCUT2D eigenvalue weighted by Crippen LogP contribution is -2.08. The Morgan fingerprint density at radius 1 is 0.852 bits per heavy atom. The summed E-state index contributed by atoms with van der Waals surface area (Å²) in [7, 11) is 0. The average Bonchev–Trinajstić information content (AvgIpc) is 2.71. The van der Waals surface area contributed by atoms with E-state index >= 15 is 0 Å². The van der Waals surface area contributed by atoms with Crippen molar-refractivity contribution >= 4 is 5.97 Å². The highest BCUT2D eigenvalue weighted by Crippen LogP contribution is 2.17. The van der Waals surface area contributed by atoms with Crippen LogP contribution in [-0.2, 0) is 0 Å². The summed E-state index contributed by atoms with van der Waals surface area (Å²) in [5.74, 6) is 0.743. The molecule has 4 nitrogen and oxygen atoms in total. The number of rotatable bonds is 11. The van der Waals surface area contributed by atoms with Crippen molar-refractivity contribution in [3.8, 4) is 17.6 Å². The standard InChI is InChI=1S/C23H27NO3/c1-2-3-4-5-6-7-8-17-26-21-15-11-20(12-16-21)23(25)27-22-13-9-19(18-24)10-14-22/h9-16H,2-8,17H2,1H3. The maximum Gasteiger partial charge on any atom is 0.343 e. The van der Waals surface area contributed by atoms with Gasteiger partial charge in [0.25, 0.3) is 0 Å². The first-order chi connectivity index (χ1) is 13.2. The Morgan fingerprint density at radius 2 is 1.44 bits per heavy atom. The highest BCUT2D eigenvalue weighted by Gasteiger charge is 2.09. The number of ether oxygens (including phenoxy) is 2. The van der Waals surface area contributed by atoms with Crippen LogP contribution in [0.1, 0.15) is 67.8 Å². The predicted molar refractivity (Wildman–Crippen MR) is 106 cm³/mol. The minimum Gasteiger partial charge on any atom is -0.494 e. The monoisotopic (exact) mass is 365 g/mol. The molecule has 0 fully saturated rings. The van der Waals surface area contributed by atoms with Crippen LogP contribution >= 0.6 is 0 Å². The summed E-state index contributed by atoms with van der Waals surface area (Å²) in [6.07, 6.45) is 8.76. The summed E-state index contributed by atoms with van der Waals surface area (Å²) in [5, 5.41) is 8.78. The van der Waals surface area contributed by atoms with E-state index in [1.165, 1.54) is 38.5 Å². The lowest BCUT2D eigenvalue weighted by Gasteiger charge is -2.08. The Labute approximate surface area is 161 Å². The zero-order chi connectivity index (χ0) is 19.3. The molecule has 4 heteroatoms. The van der Waals surface area contributed by atoms with Gasteiger partial charge >= 0.3 is 5.97 Å². The van der Waals surface area contributed by atoms with Crippen LogP contribution in [0.5, 0.6) is 11.5 Å². The minimum atomic E-state index is -0.432. The molecule has 2 rings (SSSR count). The largest absolute Gasteiger partial charge is 0.494 e. The first kappa shape index (κ1) is 20.5. The van der Waals surface area contributed by atoms with Crippen molar-refractivity contribution in [2.75, 3.05) is 6.61 Å². The summed E-state index contributed by atoms with van der Waals surface area (Å²) in [4.78, 5) is 12.2. The zero-order valence-electron chi connectivity index (χ0n) is 15.9. The second kappa shape index (κ2) is 11.7. The Hall–Kier alpha value is -2.80. The third-order valence-corrected chi connectivity index (χ3v) is 4.30. The van der Waals surface area contributed by atoms with Gasteiger partial charge < -0.3 is 9.47 Å². The van der Waals surface area contributed by atoms with E-state index < -0.39 is 5.97 Å². The molecule has 0 unspecified atom stereocenters. The summed E-state index contributed by atoms with van der Waals surface area (Å²) in [6.45, 7) is 2.93. The Morgan fingerprint density at radius 3 is 2.07 bits per heavy atom. The molecule has 142 valence electrons. The predicted octanol–water partition coefficient (Wildman–Crippen LogP) is 5.91. The number of esters is 1. The topological polar surface area (TPSA) is 59.3 Å². The second-order valence-electron chi connectivity index (χ2n) is 6.52. The van der Waals surface area contributed by atoms with Crippen molar-refractivity contribution in [2.24, 2.45) is 0 Å². The molecule has 0 saturated heterocycles. The molecule has 0 amide bonds. The molecule has 0 bridgehead atoms. The van der Waals surface area contributed by atoms with Crippen LogP contribution in [0.4, 0.5) is 0 Å². The van der Waals surface area contributed by atoms with Crippen molar-refractivity contribution in [1.82, 2.24) is 0 Å². The molecule has 0 radical (unpaired) electrons. The normalized spacial score (nSPS) is 10.2. The van der Waals surface area contributed by atoms with Gasteiger partial charge in [0.15, 0.2) is 0 Å². The van der Waals surface area contributed by atoms with Gasteiger partial charge in [0.05, 0.1) is 23.8 Å². The Kier molecular flexibility index (Phi) is 8.92. The Balaban J connectivity index is 1.70. The van der Waals surface area contributed by atoms with Gasteiger partial charge in [0.2, 0.25) is 0 Å². The highest BCUT2D eigenvalue weighted by molar-refractivity contribution is 5.91. The molecule has 0 aliphatic rings. The lowest BCUT2D eigenvalue weighted by atomic mass is 10.1. The molecular formula is C23H27NO3. The van der Waals surface area contributed by atoms with Crippen LogP contribution in [0, 0.1) is 11.3 Å². The average molecular weight is 365 g/mol. The van der Waals surface area contributed by atoms with E-state index in [2.05, 4.69) is 6.92 Å². The van der Waals surface area contributed by atoms with Crippen molar-refractivity contribution in [2.45, 2.75) is 51.9 Å². The third-order valence-electron chi connectivity index (χ3n) is 4.30. The van der Waals surface area contributed by atoms with Gasteiger partial charge in [0.1, 0.15) is 11.5 Å². The van der Waals surface area contributed by atoms with Gasteiger partial charge in [0, 0.05) is 0 Å². The maximum atomic E-state index is 12.2. The van der Waals surface area contributed by atoms with Crippen LogP contribution in [-0.4, -0.2) is 12.6 Å². The molecule has 0 aliphatic carbocycles. The molecular weight excluding hydrogens is 338 g/mol. The zero-order valence-corrected chi connectivity index (χ0v) is 15.9. The molecule has 0 heterocycles. The molecule has 0 atom stereocenters. The van der Waals surface area contributed by atoms with Crippen LogP contribution in [0.25, 0.3) is 0 Å². The van der Waals surface area contributed by atoms with Crippen LogP contribution in [0.15, 0.2) is 48.5 Å². The number of nitriles is 1. The van der Waals surface area contributed by atoms with Gasteiger partial charge in [-0.2, -0.15) is 5.26 Å². The quantitative estimate of drug-likeness (QED) is 0.282. The fourth-order valence-electron chi connectivity index (χ4n) is 2.70. The smallest absolute Gasteiger partial charge is 0.343 e. The van der Waals surface area contributed by atoms with Crippen molar-refractivity contribution in [3.63, 3.8) is 0 Å². The first-order valence-electron chi connectivity index (χ1n) is 9.68. The van der Waals surface area contributed by atoms with Gasteiger partial charge in [-0.05, 0) is 55.0 Å². The van der Waals surface area contributed by atoms with Crippen molar-refractivity contribution in [3.05, 3.63) is 59.7 Å². The van der Waals surface area contributed by atoms with E-state index in [1.54, 1.807) is 48.5 Å². The van der Waals surface area contributed by atoms with E-state index in [9.17, 15) is 4.79 Å². The third kappa shape index (κ3) is 7.53. The SMILES string of the molecule is CCCCCCCCCOc1ccc(C(=O)Oc2ccc(C#N)cc2)cc1. The van der Waals surface area contributed by atoms with Gasteiger partial charge in [-0.3, -0.25) is 0 Å². The number of hydrogen-bond acceptors (Lipinski definition) is 4. The number of unbranched alkanes of at least 4 members (excludes halogenated alkanes) is 6. The maximum absolute atomic E-state index is 12.2. The summed E-state index contributed by atoms with van der Waals surface area (Å²) in [5.41, 5.74) is 0.986. The molecule has 0 aliphatic heterocycles. The number of carbonyl (C=O) groups is 1. The summed E-state index contributed by atoms with van der Waals surface area (Å²) in [6, 6.07) is 15.4. The molecule has 0 aromatic heterocycles. The summed E-state index contributed by atoms with van der Waals surface area (Å²) >= 11 is 0. The van der Waals surface area contributed by atoms with Crippen LogP contribution < -0.4 is 9.47 Å². The van der Waals surface area contributed by atoms with Gasteiger partial charge in [-0.25, -0.2) is 4.79 Å². The van der Waals surface area contributed by atoms with Gasteiger partial charge in [-0.15, -0.1) is 0 Å². The first-order valence-corrected chi connectivity index (χ1v) is 9.68. The van der Waals surface area contributed by atoms with E-state index in [0.29, 0.717) is 23.5 Å². The Bertz CT molecular complexity index is 730. The van der Waals surface area contributed by atoms with Crippen molar-refractivity contribution < 1.29 is 14.3 Å². The fourth-order valence-corrected chi connectivity index (χ4v) is 2.70. The summed E-state index contributed by atoms with van der Waals surface area (Å²) < 4.78 is 11.0. The second-order valence-corrected chi connectivity index (χ2v) is 6.52. The molecule has 27 heavy (non-hydrogen) atoms. The number of carbonyl (C=O) groups excluding carboxylic acids is 1. The fraction of sp³-hybridized carbons (Fsp3) is 0.391. The van der Waals surface area contributed by atoms with Gasteiger partial charge in [-0.1, -0.05) is 45.4 Å². The van der Waals surface area contributed by atoms with E-state index in [1.807, 2.05) is 6.07 Å². The van der Waals surface area contributed by atoms with E-state index in [0.717, 1.165) is 12.2 Å². The lowest BCUT2D eigenvalue weighted by molar-refractivity contribution is 0.0734. The molecule has 0 spiro atoms. The highest BCUT2D eigenvalue weighted by atomic mass is 16.5. The van der Waals surface area contributed by atoms with Crippen molar-refractivity contribution in [1.29, 1.82) is 5.26 Å². The van der Waals surface area contributed by atoms with E-state index in [-0.39, 0.29) is 0 Å². The molecule has 0 N–H and O–H groups in total. The molecule has 2 aromatic rings.